The van der Waals surface area contributed by atoms with E-state index >= 15 is 0 Å². The summed E-state index contributed by atoms with van der Waals surface area (Å²) in [7, 11) is 0. The van der Waals surface area contributed by atoms with Gasteiger partial charge in [-0.2, -0.15) is 0 Å². The highest BCUT2D eigenvalue weighted by Gasteiger charge is 2.55. The Morgan fingerprint density at radius 3 is 2.39 bits per heavy atom. The van der Waals surface area contributed by atoms with Gasteiger partial charge in [0.2, 0.25) is 5.91 Å². The van der Waals surface area contributed by atoms with Crippen molar-refractivity contribution in [3.05, 3.63) is 70.4 Å². The van der Waals surface area contributed by atoms with E-state index in [2.05, 4.69) is 42.1 Å². The second-order valence-corrected chi connectivity index (χ2v) is 9.17. The van der Waals surface area contributed by atoms with Crippen LogP contribution in [0.3, 0.4) is 0 Å². The van der Waals surface area contributed by atoms with Crippen LogP contribution in [-0.2, 0) is 10.2 Å². The SMILES string of the molecule is Cc1ccc(C)c(N2CCN(C(=O)C3(c4cc(-c5ccc(Cl)cc5)on4)CC3)CC2)c1. The number of nitrogens with zero attached hydrogens (tertiary/aromatic N) is 3. The van der Waals surface area contributed by atoms with Crippen LogP contribution in [0.4, 0.5) is 5.69 Å². The lowest BCUT2D eigenvalue weighted by atomic mass is 9.99. The maximum Gasteiger partial charge on any atom is 0.235 e. The number of aromatic nitrogens is 1. The lowest BCUT2D eigenvalue weighted by molar-refractivity contribution is -0.134. The Morgan fingerprint density at radius 1 is 1.00 bits per heavy atom. The summed E-state index contributed by atoms with van der Waals surface area (Å²) in [5, 5.41) is 4.96. The first-order valence-electron chi connectivity index (χ1n) is 10.8. The summed E-state index contributed by atoms with van der Waals surface area (Å²) in [4.78, 5) is 17.8. The summed E-state index contributed by atoms with van der Waals surface area (Å²) >= 11 is 5.98. The van der Waals surface area contributed by atoms with Crippen LogP contribution >= 0.6 is 11.6 Å². The molecule has 0 atom stereocenters. The number of halogens is 1. The van der Waals surface area contributed by atoms with E-state index in [1.165, 1.54) is 16.8 Å². The molecule has 31 heavy (non-hydrogen) atoms. The van der Waals surface area contributed by atoms with Crippen LogP contribution in [0, 0.1) is 13.8 Å². The predicted octanol–water partition coefficient (Wildman–Crippen LogP) is 4.99. The molecule has 2 aliphatic rings. The molecule has 0 radical (unpaired) electrons. The minimum Gasteiger partial charge on any atom is -0.368 e. The number of aryl methyl sites for hydroxylation is 2. The van der Waals surface area contributed by atoms with E-state index < -0.39 is 5.41 Å². The third kappa shape index (κ3) is 3.72. The molecule has 1 aliphatic carbocycles. The van der Waals surface area contributed by atoms with Crippen LogP contribution < -0.4 is 4.90 Å². The summed E-state index contributed by atoms with van der Waals surface area (Å²) in [6.45, 7) is 7.43. The molecule has 5 rings (SSSR count). The van der Waals surface area contributed by atoms with E-state index in [0.29, 0.717) is 10.8 Å². The first-order chi connectivity index (χ1) is 15.0. The van der Waals surface area contributed by atoms with Crippen molar-refractivity contribution in [3.63, 3.8) is 0 Å². The van der Waals surface area contributed by atoms with Gasteiger partial charge in [-0.15, -0.1) is 0 Å². The maximum absolute atomic E-state index is 13.4. The Bertz CT molecular complexity index is 1110. The zero-order valence-electron chi connectivity index (χ0n) is 17.9. The zero-order valence-corrected chi connectivity index (χ0v) is 18.7. The van der Waals surface area contributed by atoms with Gasteiger partial charge in [0.05, 0.1) is 11.1 Å². The smallest absolute Gasteiger partial charge is 0.235 e. The number of hydrogen-bond acceptors (Lipinski definition) is 4. The fraction of sp³-hybridized carbons (Fsp3) is 0.360. The van der Waals surface area contributed by atoms with Gasteiger partial charge >= 0.3 is 0 Å². The molecule has 0 N–H and O–H groups in total. The van der Waals surface area contributed by atoms with E-state index in [1.54, 1.807) is 0 Å². The molecule has 2 aromatic carbocycles. The molecule has 1 amide bonds. The summed E-state index contributed by atoms with van der Waals surface area (Å²) in [6.07, 6.45) is 1.66. The van der Waals surface area contributed by atoms with Crippen LogP contribution in [-0.4, -0.2) is 42.1 Å². The minimum atomic E-state index is -0.518. The average Bonchev–Trinajstić information content (AvgIpc) is 3.45. The second kappa shape index (κ2) is 7.72. The van der Waals surface area contributed by atoms with E-state index in [1.807, 2.05) is 35.2 Å². The molecule has 1 saturated carbocycles. The summed E-state index contributed by atoms with van der Waals surface area (Å²) < 4.78 is 5.58. The predicted molar refractivity (Wildman–Crippen MR) is 123 cm³/mol. The molecule has 0 bridgehead atoms. The van der Waals surface area contributed by atoms with Crippen molar-refractivity contribution in [1.82, 2.24) is 10.1 Å². The molecule has 1 saturated heterocycles. The van der Waals surface area contributed by atoms with Crippen molar-refractivity contribution in [3.8, 4) is 11.3 Å². The molecule has 160 valence electrons. The molecule has 1 aromatic heterocycles. The largest absolute Gasteiger partial charge is 0.368 e. The molecule has 3 aromatic rings. The molecule has 0 spiro atoms. The van der Waals surface area contributed by atoms with Crippen molar-refractivity contribution in [2.24, 2.45) is 0 Å². The molecule has 6 heteroatoms. The summed E-state index contributed by atoms with van der Waals surface area (Å²) in [6, 6.07) is 15.9. The lowest BCUT2D eigenvalue weighted by Crippen LogP contribution is -2.51. The van der Waals surface area contributed by atoms with Gasteiger partial charge in [0.25, 0.3) is 0 Å². The standard InChI is InChI=1S/C25H26ClN3O2/c1-17-3-4-18(2)21(15-17)28-11-13-29(14-12-28)24(30)25(9-10-25)23-16-22(31-27-23)19-5-7-20(26)8-6-19/h3-8,15-16H,9-14H2,1-2H3. The highest BCUT2D eigenvalue weighted by Crippen LogP contribution is 2.50. The Morgan fingerprint density at radius 2 is 1.71 bits per heavy atom. The van der Waals surface area contributed by atoms with Crippen molar-refractivity contribution >= 4 is 23.2 Å². The van der Waals surface area contributed by atoms with Gasteiger partial charge in [-0.3, -0.25) is 4.79 Å². The first-order valence-corrected chi connectivity index (χ1v) is 11.2. The number of rotatable bonds is 4. The number of anilines is 1. The van der Waals surface area contributed by atoms with Crippen molar-refractivity contribution in [1.29, 1.82) is 0 Å². The fourth-order valence-electron chi connectivity index (χ4n) is 4.47. The fourth-order valence-corrected chi connectivity index (χ4v) is 4.59. The van der Waals surface area contributed by atoms with Crippen LogP contribution in [0.2, 0.25) is 5.02 Å². The highest BCUT2D eigenvalue weighted by atomic mass is 35.5. The van der Waals surface area contributed by atoms with Crippen molar-refractivity contribution in [2.75, 3.05) is 31.1 Å². The van der Waals surface area contributed by atoms with Gasteiger partial charge in [-0.05, 0) is 68.1 Å². The Balaban J connectivity index is 1.29. The number of carbonyl (C=O) groups excluding carboxylic acids is 1. The third-order valence-corrected chi connectivity index (χ3v) is 6.81. The molecule has 0 unspecified atom stereocenters. The van der Waals surface area contributed by atoms with Gasteiger partial charge in [0.15, 0.2) is 5.76 Å². The third-order valence-electron chi connectivity index (χ3n) is 6.56. The van der Waals surface area contributed by atoms with Crippen LogP contribution in [0.15, 0.2) is 53.1 Å². The molecule has 2 fully saturated rings. The van der Waals surface area contributed by atoms with Gasteiger partial charge in [0, 0.05) is 48.5 Å². The maximum atomic E-state index is 13.4. The first kappa shape index (κ1) is 20.1. The Labute approximate surface area is 187 Å². The normalized spacial score (nSPS) is 17.6. The van der Waals surface area contributed by atoms with E-state index in [-0.39, 0.29) is 5.91 Å². The number of benzene rings is 2. The number of amides is 1. The van der Waals surface area contributed by atoms with Crippen molar-refractivity contribution in [2.45, 2.75) is 32.1 Å². The quantitative estimate of drug-likeness (QED) is 0.579. The lowest BCUT2D eigenvalue weighted by Gasteiger charge is -2.38. The molecular weight excluding hydrogens is 410 g/mol. The van der Waals surface area contributed by atoms with E-state index in [0.717, 1.165) is 50.3 Å². The van der Waals surface area contributed by atoms with Crippen molar-refractivity contribution < 1.29 is 9.32 Å². The number of hydrogen-bond donors (Lipinski definition) is 0. The van der Waals surface area contributed by atoms with Gasteiger partial charge < -0.3 is 14.3 Å². The topological polar surface area (TPSA) is 49.6 Å². The highest BCUT2D eigenvalue weighted by molar-refractivity contribution is 6.30. The van der Waals surface area contributed by atoms with Gasteiger partial charge in [-0.25, -0.2) is 0 Å². The van der Waals surface area contributed by atoms with E-state index in [4.69, 9.17) is 16.1 Å². The summed E-state index contributed by atoms with van der Waals surface area (Å²) in [5.74, 6) is 0.856. The van der Waals surface area contributed by atoms with Crippen LogP contribution in [0.25, 0.3) is 11.3 Å². The molecular formula is C25H26ClN3O2. The second-order valence-electron chi connectivity index (χ2n) is 8.73. The van der Waals surface area contributed by atoms with Crippen LogP contribution in [0.5, 0.6) is 0 Å². The molecule has 1 aliphatic heterocycles. The number of piperazine rings is 1. The minimum absolute atomic E-state index is 0.184. The van der Waals surface area contributed by atoms with Crippen LogP contribution in [0.1, 0.15) is 29.7 Å². The average molecular weight is 436 g/mol. The Kier molecular flexibility index (Phi) is 5.01. The molecule has 5 nitrogen and oxygen atoms in total. The number of carbonyl (C=O) groups is 1. The molecule has 2 heterocycles. The van der Waals surface area contributed by atoms with Gasteiger partial charge in [0.1, 0.15) is 0 Å². The Hall–Kier alpha value is -2.79. The monoisotopic (exact) mass is 435 g/mol. The van der Waals surface area contributed by atoms with Gasteiger partial charge in [-0.1, -0.05) is 28.9 Å². The summed E-state index contributed by atoms with van der Waals surface area (Å²) in [5.41, 5.74) is 4.96. The van der Waals surface area contributed by atoms with E-state index in [9.17, 15) is 4.79 Å². The zero-order chi connectivity index (χ0) is 21.6.